The topological polar surface area (TPSA) is 77.2 Å². The Morgan fingerprint density at radius 3 is 2.63 bits per heavy atom. The summed E-state index contributed by atoms with van der Waals surface area (Å²) in [6, 6.07) is 2.19. The lowest BCUT2D eigenvalue weighted by atomic mass is 9.71. The zero-order valence-electron chi connectivity index (χ0n) is 16.9. The van der Waals surface area contributed by atoms with Gasteiger partial charge in [-0.2, -0.15) is 10.2 Å². The number of likely N-dealkylation sites (N-methyl/N-ethyl adjacent to an activating group) is 1. The summed E-state index contributed by atoms with van der Waals surface area (Å²) in [5, 5.41) is 12.3. The minimum atomic E-state index is -0.0855. The van der Waals surface area contributed by atoms with Crippen molar-refractivity contribution >= 4 is 5.91 Å². The molecule has 0 bridgehead atoms. The number of amides is 1. The molecule has 1 N–H and O–H groups in total. The van der Waals surface area contributed by atoms with Gasteiger partial charge in [0, 0.05) is 37.9 Å². The summed E-state index contributed by atoms with van der Waals surface area (Å²) in [5.41, 5.74) is 4.29. The maximum atomic E-state index is 13.0. The summed E-state index contributed by atoms with van der Waals surface area (Å²) in [6.07, 6.45) is 1.23. The molecule has 2 aromatic heterocycles. The van der Waals surface area contributed by atoms with E-state index in [1.165, 1.54) is 0 Å². The third-order valence-corrected chi connectivity index (χ3v) is 6.12. The van der Waals surface area contributed by atoms with Crippen molar-refractivity contribution in [3.05, 3.63) is 23.1 Å². The first kappa shape index (κ1) is 18.2. The Kier molecular flexibility index (Phi) is 4.35. The molecule has 3 heterocycles. The zero-order chi connectivity index (χ0) is 19.5. The maximum absolute atomic E-state index is 13.0. The minimum absolute atomic E-state index is 0.0855. The Bertz CT molecular complexity index is 883. The van der Waals surface area contributed by atoms with Crippen LogP contribution in [0.5, 0.6) is 0 Å². The molecule has 1 saturated heterocycles. The third kappa shape index (κ3) is 2.78. The average molecular weight is 372 g/mol. The fourth-order valence-corrected chi connectivity index (χ4v) is 4.65. The highest BCUT2D eigenvalue weighted by atomic mass is 16.5. The smallest absolute Gasteiger partial charge is 0.269 e. The molecule has 0 unspecified atom stereocenters. The van der Waals surface area contributed by atoms with Crippen LogP contribution in [-0.4, -0.2) is 69.3 Å². The molecule has 8 heteroatoms. The fourth-order valence-electron chi connectivity index (χ4n) is 4.65. The first-order chi connectivity index (χ1) is 12.8. The number of hydrogen-bond donors (Lipinski definition) is 1. The Balaban J connectivity index is 1.57. The standard InChI is InChI=1S/C19H28N6O2/c1-10-15(11(2)24(5)21-10)13-9-14(25(6)22-13)19(26)20-16-12-7-8-27-18(12)17(16)23(3)4/h9,12,16-18H,7-8H2,1-6H3,(H,20,26)/t12-,16+,17-,18-/m1/s1. The monoisotopic (exact) mass is 372 g/mol. The van der Waals surface area contributed by atoms with Gasteiger partial charge in [-0.05, 0) is 40.4 Å². The number of fused-ring (bicyclic) bond motifs is 1. The molecule has 1 aliphatic heterocycles. The molecule has 2 aromatic rings. The molecule has 0 aromatic carbocycles. The van der Waals surface area contributed by atoms with E-state index < -0.39 is 0 Å². The third-order valence-electron chi connectivity index (χ3n) is 6.12. The molecule has 0 radical (unpaired) electrons. The van der Waals surface area contributed by atoms with E-state index in [9.17, 15) is 4.79 Å². The molecule has 2 aliphatic rings. The van der Waals surface area contributed by atoms with Crippen LogP contribution in [0.3, 0.4) is 0 Å². The van der Waals surface area contributed by atoms with Crippen LogP contribution in [0.25, 0.3) is 11.3 Å². The highest BCUT2D eigenvalue weighted by molar-refractivity contribution is 5.94. The summed E-state index contributed by atoms with van der Waals surface area (Å²) >= 11 is 0. The second-order valence-corrected chi connectivity index (χ2v) is 7.95. The lowest BCUT2D eigenvalue weighted by molar-refractivity contribution is -0.0664. The maximum Gasteiger partial charge on any atom is 0.269 e. The molecular weight excluding hydrogens is 344 g/mol. The van der Waals surface area contributed by atoms with Crippen molar-refractivity contribution in [3.63, 3.8) is 0 Å². The first-order valence-electron chi connectivity index (χ1n) is 9.43. The predicted molar refractivity (Wildman–Crippen MR) is 101 cm³/mol. The second-order valence-electron chi connectivity index (χ2n) is 7.95. The molecule has 4 atom stereocenters. The van der Waals surface area contributed by atoms with E-state index in [1.807, 2.05) is 52.8 Å². The molecule has 8 nitrogen and oxygen atoms in total. The SMILES string of the molecule is Cc1nn(C)c(C)c1-c1cc(C(=O)N[C@H]2[C@H]3CCO[C@H]3[C@@H]2N(C)C)n(C)n1. The average Bonchev–Trinajstić information content (AvgIpc) is 3.22. The molecule has 0 spiro atoms. The highest BCUT2D eigenvalue weighted by Crippen LogP contribution is 2.41. The van der Waals surface area contributed by atoms with E-state index in [0.717, 1.165) is 35.7 Å². The lowest BCUT2D eigenvalue weighted by Crippen LogP contribution is -2.69. The molecule has 1 aliphatic carbocycles. The van der Waals surface area contributed by atoms with Gasteiger partial charge >= 0.3 is 0 Å². The summed E-state index contributed by atoms with van der Waals surface area (Å²) in [5.74, 6) is 0.314. The Morgan fingerprint density at radius 1 is 1.26 bits per heavy atom. The van der Waals surface area contributed by atoms with Gasteiger partial charge in [0.25, 0.3) is 5.91 Å². The Hall–Kier alpha value is -2.19. The lowest BCUT2D eigenvalue weighted by Gasteiger charge is -2.50. The van der Waals surface area contributed by atoms with Crippen LogP contribution in [0.2, 0.25) is 0 Å². The summed E-state index contributed by atoms with van der Waals surface area (Å²) < 4.78 is 9.34. The van der Waals surface area contributed by atoms with Gasteiger partial charge in [-0.3, -0.25) is 14.2 Å². The fraction of sp³-hybridized carbons (Fsp3) is 0.632. The van der Waals surface area contributed by atoms with E-state index in [4.69, 9.17) is 4.74 Å². The molecule has 1 amide bonds. The number of hydrogen-bond acceptors (Lipinski definition) is 5. The van der Waals surface area contributed by atoms with Crippen molar-refractivity contribution in [1.82, 2.24) is 29.8 Å². The molecule has 2 fully saturated rings. The Labute approximate surface area is 159 Å². The van der Waals surface area contributed by atoms with E-state index in [0.29, 0.717) is 11.6 Å². The summed E-state index contributed by atoms with van der Waals surface area (Å²) in [6.45, 7) is 4.76. The molecular formula is C19H28N6O2. The molecule has 1 saturated carbocycles. The number of ether oxygens (including phenoxy) is 1. The van der Waals surface area contributed by atoms with Gasteiger partial charge in [-0.25, -0.2) is 0 Å². The van der Waals surface area contributed by atoms with Crippen molar-refractivity contribution in [1.29, 1.82) is 0 Å². The van der Waals surface area contributed by atoms with Gasteiger partial charge in [0.15, 0.2) is 0 Å². The minimum Gasteiger partial charge on any atom is -0.376 e. The predicted octanol–water partition coefficient (Wildman–Crippen LogP) is 0.885. The molecule has 146 valence electrons. The van der Waals surface area contributed by atoms with Gasteiger partial charge in [0.2, 0.25) is 0 Å². The van der Waals surface area contributed by atoms with Crippen molar-refractivity contribution < 1.29 is 9.53 Å². The van der Waals surface area contributed by atoms with Crippen molar-refractivity contribution in [2.75, 3.05) is 20.7 Å². The largest absolute Gasteiger partial charge is 0.376 e. The van der Waals surface area contributed by atoms with Crippen LogP contribution in [0.1, 0.15) is 28.3 Å². The van der Waals surface area contributed by atoms with Crippen molar-refractivity contribution in [3.8, 4) is 11.3 Å². The van der Waals surface area contributed by atoms with Crippen LogP contribution in [0, 0.1) is 19.8 Å². The number of nitrogens with zero attached hydrogens (tertiary/aromatic N) is 5. The number of aromatic nitrogens is 4. The Morgan fingerprint density at radius 2 is 2.00 bits per heavy atom. The van der Waals surface area contributed by atoms with Gasteiger partial charge in [-0.15, -0.1) is 0 Å². The quantitative estimate of drug-likeness (QED) is 0.862. The van der Waals surface area contributed by atoms with Crippen LogP contribution >= 0.6 is 0 Å². The number of rotatable bonds is 4. The first-order valence-corrected chi connectivity index (χ1v) is 9.43. The van der Waals surface area contributed by atoms with Crippen molar-refractivity contribution in [2.45, 2.75) is 38.5 Å². The normalized spacial score (nSPS) is 26.9. The number of aryl methyl sites for hydroxylation is 3. The van der Waals surface area contributed by atoms with Crippen LogP contribution in [0.4, 0.5) is 0 Å². The number of carbonyl (C=O) groups is 1. The second kappa shape index (κ2) is 6.45. The van der Waals surface area contributed by atoms with E-state index in [2.05, 4.69) is 20.4 Å². The van der Waals surface area contributed by atoms with E-state index >= 15 is 0 Å². The van der Waals surface area contributed by atoms with Gasteiger partial charge in [-0.1, -0.05) is 0 Å². The van der Waals surface area contributed by atoms with Gasteiger partial charge in [0.05, 0.1) is 29.6 Å². The molecule has 27 heavy (non-hydrogen) atoms. The van der Waals surface area contributed by atoms with E-state index in [1.54, 1.807) is 4.68 Å². The van der Waals surface area contributed by atoms with Crippen LogP contribution in [0.15, 0.2) is 6.07 Å². The van der Waals surface area contributed by atoms with E-state index in [-0.39, 0.29) is 24.1 Å². The highest BCUT2D eigenvalue weighted by Gasteiger charge is 2.55. The van der Waals surface area contributed by atoms with Crippen LogP contribution in [-0.2, 0) is 18.8 Å². The number of carbonyl (C=O) groups excluding carboxylic acids is 1. The molecule has 4 rings (SSSR count). The van der Waals surface area contributed by atoms with Gasteiger partial charge in [0.1, 0.15) is 5.69 Å². The van der Waals surface area contributed by atoms with Crippen molar-refractivity contribution in [2.24, 2.45) is 20.0 Å². The zero-order valence-corrected chi connectivity index (χ0v) is 16.9. The van der Waals surface area contributed by atoms with Crippen LogP contribution < -0.4 is 5.32 Å². The summed E-state index contributed by atoms with van der Waals surface area (Å²) in [7, 11) is 7.81. The summed E-state index contributed by atoms with van der Waals surface area (Å²) in [4.78, 5) is 15.1. The van der Waals surface area contributed by atoms with Gasteiger partial charge < -0.3 is 15.0 Å². The number of nitrogens with one attached hydrogen (secondary N) is 1.